The number of benzene rings is 3. The third-order valence-electron chi connectivity index (χ3n) is 7.20. The third-order valence-corrected chi connectivity index (χ3v) is 9.90. The lowest BCUT2D eigenvalue weighted by atomic mass is 9.95. The van der Waals surface area contributed by atoms with Crippen LogP contribution in [0.5, 0.6) is 11.5 Å². The zero-order valence-electron chi connectivity index (χ0n) is 26.0. The molecule has 1 aliphatic rings. The van der Waals surface area contributed by atoms with Crippen LogP contribution in [-0.2, 0) is 15.3 Å². The summed E-state index contributed by atoms with van der Waals surface area (Å²) in [6, 6.07) is 18.8. The van der Waals surface area contributed by atoms with Gasteiger partial charge in [-0.3, -0.25) is 14.5 Å². The first-order valence-corrected chi connectivity index (χ1v) is 17.6. The number of ketones is 1. The number of anilines is 1. The number of ether oxygens (including phenoxy) is 2. The molecule has 3 aromatic carbocycles. The summed E-state index contributed by atoms with van der Waals surface area (Å²) < 4.78 is 12.5. The van der Waals surface area contributed by atoms with Crippen LogP contribution < -0.4 is 14.4 Å². The Kier molecular flexibility index (Phi) is 11.6. The molecule has 12 heteroatoms. The summed E-state index contributed by atoms with van der Waals surface area (Å²) in [6.45, 7) is 6.98. The molecular weight excluding hydrogens is 677 g/mol. The van der Waals surface area contributed by atoms with Crippen LogP contribution in [-0.4, -0.2) is 40.2 Å². The average molecular weight is 711 g/mol. The van der Waals surface area contributed by atoms with Gasteiger partial charge in [-0.1, -0.05) is 109 Å². The highest BCUT2D eigenvalue weighted by molar-refractivity contribution is 8.00. The number of aromatic nitrogens is 2. The van der Waals surface area contributed by atoms with Gasteiger partial charge in [-0.15, -0.1) is 10.2 Å². The SMILES string of the molecule is CCOc1cc(C2C(C(=O)/C=C/c3ccccc3)=C(O)C(=O)N2c2nnc(SCc3ccc(Cl)cc3Cl)s2)ccc1OCCC(C)C. The van der Waals surface area contributed by atoms with Crippen LogP contribution in [0.25, 0.3) is 6.08 Å². The Morgan fingerprint density at radius 2 is 1.85 bits per heavy atom. The van der Waals surface area contributed by atoms with Crippen molar-refractivity contribution in [1.82, 2.24) is 10.2 Å². The van der Waals surface area contributed by atoms with Gasteiger partial charge in [0.05, 0.1) is 24.8 Å². The van der Waals surface area contributed by atoms with Crippen molar-refractivity contribution in [2.24, 2.45) is 5.92 Å². The molecule has 0 bridgehead atoms. The van der Waals surface area contributed by atoms with E-state index >= 15 is 0 Å². The summed E-state index contributed by atoms with van der Waals surface area (Å²) in [4.78, 5) is 28.8. The van der Waals surface area contributed by atoms with Crippen LogP contribution in [0.15, 0.2) is 88.5 Å². The van der Waals surface area contributed by atoms with Crippen molar-refractivity contribution in [1.29, 1.82) is 0 Å². The first-order valence-electron chi connectivity index (χ1n) is 15.0. The molecule has 0 radical (unpaired) electrons. The number of allylic oxidation sites excluding steroid dienone is 1. The smallest absolute Gasteiger partial charge is 0.296 e. The van der Waals surface area contributed by atoms with Crippen molar-refractivity contribution in [2.45, 2.75) is 43.3 Å². The monoisotopic (exact) mass is 709 g/mol. The molecule has 1 aliphatic heterocycles. The van der Waals surface area contributed by atoms with Gasteiger partial charge in [-0.05, 0) is 66.3 Å². The minimum atomic E-state index is -1.00. The minimum absolute atomic E-state index is 0.0737. The van der Waals surface area contributed by atoms with Crippen molar-refractivity contribution >= 4 is 69.2 Å². The van der Waals surface area contributed by atoms with Gasteiger partial charge in [0, 0.05) is 15.8 Å². The Hall–Kier alpha value is -3.83. The molecule has 5 rings (SSSR count). The highest BCUT2D eigenvalue weighted by atomic mass is 35.5. The first kappa shape index (κ1) is 34.5. The quantitative estimate of drug-likeness (QED) is 0.0786. The zero-order valence-corrected chi connectivity index (χ0v) is 29.1. The Morgan fingerprint density at radius 1 is 1.06 bits per heavy atom. The Balaban J connectivity index is 1.50. The van der Waals surface area contributed by atoms with Gasteiger partial charge in [0.25, 0.3) is 5.91 Å². The summed E-state index contributed by atoms with van der Waals surface area (Å²) >= 11 is 15.0. The van der Waals surface area contributed by atoms with Crippen LogP contribution in [0.3, 0.4) is 0 Å². The predicted octanol–water partition coefficient (Wildman–Crippen LogP) is 9.14. The zero-order chi connectivity index (χ0) is 33.5. The van der Waals surface area contributed by atoms with E-state index in [4.69, 9.17) is 32.7 Å². The summed E-state index contributed by atoms with van der Waals surface area (Å²) in [6.07, 6.45) is 3.86. The number of amides is 1. The van der Waals surface area contributed by atoms with E-state index in [-0.39, 0.29) is 10.7 Å². The Bertz CT molecular complexity index is 1810. The molecule has 8 nitrogen and oxygen atoms in total. The highest BCUT2D eigenvalue weighted by Gasteiger charge is 2.45. The lowest BCUT2D eigenvalue weighted by molar-refractivity contribution is -0.117. The maximum absolute atomic E-state index is 13.7. The number of nitrogens with zero attached hydrogens (tertiary/aromatic N) is 3. The molecule has 1 amide bonds. The number of hydrogen-bond acceptors (Lipinski definition) is 9. The molecule has 244 valence electrons. The molecule has 0 spiro atoms. The van der Waals surface area contributed by atoms with Gasteiger partial charge >= 0.3 is 0 Å². The Morgan fingerprint density at radius 3 is 2.57 bits per heavy atom. The maximum atomic E-state index is 13.7. The molecule has 2 heterocycles. The molecule has 1 atom stereocenters. The standard InChI is InChI=1S/C35H33Cl2N3O5S2/c1-4-44-29-18-23(12-15-28(29)45-17-16-21(2)3)31-30(27(41)14-10-22-8-6-5-7-9-22)32(42)33(43)40(31)34-38-39-35(47-34)46-20-24-11-13-25(36)19-26(24)37/h5-15,18-19,21,31,42H,4,16-17,20H2,1-3H3/b14-10+. The maximum Gasteiger partial charge on any atom is 0.296 e. The average Bonchev–Trinajstić information content (AvgIpc) is 3.62. The van der Waals surface area contributed by atoms with Crippen molar-refractivity contribution in [3.05, 3.63) is 111 Å². The van der Waals surface area contributed by atoms with Crippen LogP contribution >= 0.6 is 46.3 Å². The van der Waals surface area contributed by atoms with E-state index in [1.165, 1.54) is 34.1 Å². The van der Waals surface area contributed by atoms with Crippen molar-refractivity contribution in [3.63, 3.8) is 0 Å². The van der Waals surface area contributed by atoms with E-state index < -0.39 is 23.5 Å². The van der Waals surface area contributed by atoms with E-state index in [0.717, 1.165) is 17.5 Å². The van der Waals surface area contributed by atoms with Gasteiger partial charge in [-0.2, -0.15) is 0 Å². The number of carbonyl (C=O) groups is 2. The second kappa shape index (κ2) is 15.8. The number of rotatable bonds is 14. The number of aliphatic hydroxyl groups is 1. The fourth-order valence-electron chi connectivity index (χ4n) is 4.82. The van der Waals surface area contributed by atoms with Gasteiger partial charge in [0.15, 0.2) is 27.4 Å². The topological polar surface area (TPSA) is 102 Å². The van der Waals surface area contributed by atoms with E-state index in [1.807, 2.05) is 43.3 Å². The van der Waals surface area contributed by atoms with E-state index in [9.17, 15) is 14.7 Å². The van der Waals surface area contributed by atoms with Crippen LogP contribution in [0.2, 0.25) is 10.0 Å². The fraction of sp³-hybridized carbons (Fsp3) is 0.257. The number of aliphatic hydroxyl groups excluding tert-OH is 1. The number of halogens is 2. The molecule has 1 unspecified atom stereocenters. The summed E-state index contributed by atoms with van der Waals surface area (Å²) in [5, 5.41) is 21.1. The van der Waals surface area contributed by atoms with Gasteiger partial charge in [0.2, 0.25) is 5.13 Å². The fourth-order valence-corrected chi connectivity index (χ4v) is 7.24. The van der Waals surface area contributed by atoms with Gasteiger partial charge in [0.1, 0.15) is 0 Å². The lowest BCUT2D eigenvalue weighted by Gasteiger charge is -2.24. The summed E-state index contributed by atoms with van der Waals surface area (Å²) in [5.74, 6) is 0.0568. The second-order valence-electron chi connectivity index (χ2n) is 11.0. The van der Waals surface area contributed by atoms with Crippen LogP contribution in [0.4, 0.5) is 5.13 Å². The van der Waals surface area contributed by atoms with Crippen molar-refractivity contribution in [3.8, 4) is 11.5 Å². The highest BCUT2D eigenvalue weighted by Crippen LogP contribution is 2.45. The number of hydrogen-bond donors (Lipinski definition) is 1. The van der Waals surface area contributed by atoms with Crippen molar-refractivity contribution < 1.29 is 24.2 Å². The van der Waals surface area contributed by atoms with E-state index in [0.29, 0.717) is 56.3 Å². The minimum Gasteiger partial charge on any atom is -0.503 e. The van der Waals surface area contributed by atoms with Gasteiger partial charge in [-0.25, -0.2) is 0 Å². The molecule has 0 fully saturated rings. The molecule has 1 aromatic heterocycles. The predicted molar refractivity (Wildman–Crippen MR) is 189 cm³/mol. The summed E-state index contributed by atoms with van der Waals surface area (Å²) in [7, 11) is 0. The normalized spacial score (nSPS) is 14.9. The third kappa shape index (κ3) is 8.37. The van der Waals surface area contributed by atoms with E-state index in [1.54, 1.807) is 36.4 Å². The molecule has 1 N–H and O–H groups in total. The molecule has 0 aliphatic carbocycles. The molecule has 0 saturated carbocycles. The summed E-state index contributed by atoms with van der Waals surface area (Å²) in [5.41, 5.74) is 2.13. The number of thioether (sulfide) groups is 1. The van der Waals surface area contributed by atoms with E-state index in [2.05, 4.69) is 24.0 Å². The van der Waals surface area contributed by atoms with Crippen molar-refractivity contribution in [2.75, 3.05) is 18.1 Å². The van der Waals surface area contributed by atoms with Gasteiger partial charge < -0.3 is 14.6 Å². The number of carbonyl (C=O) groups excluding carboxylic acids is 2. The first-order chi connectivity index (χ1) is 22.7. The molecule has 47 heavy (non-hydrogen) atoms. The molecular formula is C35H33Cl2N3O5S2. The molecule has 0 saturated heterocycles. The largest absolute Gasteiger partial charge is 0.503 e. The van der Waals surface area contributed by atoms with Crippen LogP contribution in [0.1, 0.15) is 49.9 Å². The lowest BCUT2D eigenvalue weighted by Crippen LogP contribution is -2.31. The Labute approximate surface area is 292 Å². The molecule has 4 aromatic rings. The van der Waals surface area contributed by atoms with Crippen LogP contribution in [0, 0.1) is 5.92 Å². The second-order valence-corrected chi connectivity index (χ2v) is 14.0.